The van der Waals surface area contributed by atoms with Gasteiger partial charge < -0.3 is 24.9 Å². The van der Waals surface area contributed by atoms with Gasteiger partial charge in [-0.15, -0.1) is 11.3 Å². The second kappa shape index (κ2) is 11.0. The molecule has 3 aliphatic rings. The molecule has 0 bridgehead atoms. The first-order valence-corrected chi connectivity index (χ1v) is 16.5. The highest BCUT2D eigenvalue weighted by molar-refractivity contribution is 7.52. The van der Waals surface area contributed by atoms with Crippen LogP contribution >= 0.6 is 18.9 Å². The minimum absolute atomic E-state index is 0.139. The zero-order chi connectivity index (χ0) is 31.4. The highest BCUT2D eigenvalue weighted by atomic mass is 32.1. The molecule has 6 rings (SSSR count). The molecule has 15 heteroatoms. The van der Waals surface area contributed by atoms with Crippen molar-refractivity contribution in [3.05, 3.63) is 76.2 Å². The summed E-state index contributed by atoms with van der Waals surface area (Å²) >= 11 is 1.00. The number of carbonyl (C=O) groups excluding carboxylic acids is 3. The molecule has 3 N–H and O–H groups in total. The summed E-state index contributed by atoms with van der Waals surface area (Å²) in [6.07, 6.45) is 4.45. The SMILES string of the molecule is [C-]#[N+]C1(c2ccccn2)CN(C(=O)[C@@H]2CC[C@@H]3CCC[C@H](NC(=O)c4cc5cc(C(F)(F)P(=O)(O)O)ccc5s4)C(=O)N32)C1. The van der Waals surface area contributed by atoms with Crippen LogP contribution < -0.4 is 5.32 Å². The second-order valence-corrected chi connectivity index (χ2v) is 14.2. The van der Waals surface area contributed by atoms with Crippen LogP contribution in [0.4, 0.5) is 8.78 Å². The standard InChI is InChI=1S/C29H28F2N5O6PS/c1-32-28(24-7-2-3-12-33-24)15-35(16-28)27(39)21-10-9-19-5-4-6-20(26(38)36(19)21)34-25(37)23-14-17-13-18(8-11-22(17)44-23)29(30,31)43(40,41)42/h2-3,7-8,11-14,19-21H,4-6,9-10,15-16H2,(H,34,37)(H2,40,41,42)/t19-,20-,21-/m0/s1. The minimum Gasteiger partial charge on any atom is -0.340 e. The molecule has 44 heavy (non-hydrogen) atoms. The van der Waals surface area contributed by atoms with Crippen molar-refractivity contribution in [2.75, 3.05) is 13.1 Å². The molecular formula is C29H28F2N5O6PS. The van der Waals surface area contributed by atoms with Crippen LogP contribution in [-0.2, 0) is 25.4 Å². The number of thiophene rings is 1. The van der Waals surface area contributed by atoms with Gasteiger partial charge in [-0.1, -0.05) is 12.1 Å². The third kappa shape index (κ3) is 5.07. The van der Waals surface area contributed by atoms with Gasteiger partial charge in [0.2, 0.25) is 11.8 Å². The van der Waals surface area contributed by atoms with Crippen molar-refractivity contribution >= 4 is 46.7 Å². The van der Waals surface area contributed by atoms with E-state index in [9.17, 15) is 27.7 Å². The lowest BCUT2D eigenvalue weighted by molar-refractivity contribution is -0.150. The van der Waals surface area contributed by atoms with E-state index in [2.05, 4.69) is 15.1 Å². The fraction of sp³-hybridized carbons (Fsp3) is 0.414. The lowest BCUT2D eigenvalue weighted by Gasteiger charge is -2.43. The van der Waals surface area contributed by atoms with Gasteiger partial charge >= 0.3 is 18.8 Å². The van der Waals surface area contributed by atoms with Crippen molar-refractivity contribution in [1.82, 2.24) is 20.1 Å². The van der Waals surface area contributed by atoms with E-state index in [1.807, 2.05) is 0 Å². The number of alkyl halides is 2. The van der Waals surface area contributed by atoms with Crippen LogP contribution in [-0.4, -0.2) is 73.5 Å². The lowest BCUT2D eigenvalue weighted by Crippen LogP contribution is -2.64. The van der Waals surface area contributed by atoms with Crippen molar-refractivity contribution in [2.45, 2.75) is 61.4 Å². The Kier molecular flexibility index (Phi) is 7.57. The number of nitrogens with zero attached hydrogens (tertiary/aromatic N) is 4. The summed E-state index contributed by atoms with van der Waals surface area (Å²) in [6.45, 7) is 8.10. The summed E-state index contributed by atoms with van der Waals surface area (Å²) in [5.74, 6) is -1.17. The van der Waals surface area contributed by atoms with E-state index in [4.69, 9.17) is 16.4 Å². The molecule has 3 atom stereocenters. The van der Waals surface area contributed by atoms with Gasteiger partial charge in [0.1, 0.15) is 30.9 Å². The van der Waals surface area contributed by atoms with Crippen LogP contribution in [0.1, 0.15) is 53.0 Å². The van der Waals surface area contributed by atoms with Gasteiger partial charge in [-0.3, -0.25) is 28.8 Å². The van der Waals surface area contributed by atoms with Crippen molar-refractivity contribution < 1.29 is 37.5 Å². The molecule has 5 heterocycles. The second-order valence-electron chi connectivity index (χ2n) is 11.5. The van der Waals surface area contributed by atoms with Crippen LogP contribution in [0.25, 0.3) is 14.9 Å². The fourth-order valence-electron chi connectivity index (χ4n) is 6.36. The van der Waals surface area contributed by atoms with Gasteiger partial charge in [0.25, 0.3) is 5.91 Å². The third-order valence-corrected chi connectivity index (χ3v) is 10.8. The number of fused-ring (bicyclic) bond motifs is 2. The predicted octanol–water partition coefficient (Wildman–Crippen LogP) is 3.82. The monoisotopic (exact) mass is 643 g/mol. The molecule has 0 saturated carbocycles. The molecule has 3 aliphatic heterocycles. The van der Waals surface area contributed by atoms with E-state index in [0.29, 0.717) is 42.5 Å². The number of benzene rings is 1. The summed E-state index contributed by atoms with van der Waals surface area (Å²) in [7, 11) is -5.76. The van der Waals surface area contributed by atoms with E-state index in [-0.39, 0.29) is 41.2 Å². The average Bonchev–Trinajstić information content (AvgIpc) is 3.56. The summed E-state index contributed by atoms with van der Waals surface area (Å²) < 4.78 is 40.2. The normalized spacial score (nSPS) is 23.4. The van der Waals surface area contributed by atoms with Gasteiger partial charge in [-0.2, -0.15) is 8.78 Å². The van der Waals surface area contributed by atoms with Crippen molar-refractivity contribution in [3.8, 4) is 0 Å². The Morgan fingerprint density at radius 2 is 1.91 bits per heavy atom. The highest BCUT2D eigenvalue weighted by Crippen LogP contribution is 2.59. The molecule has 3 saturated heterocycles. The first kappa shape index (κ1) is 30.3. The molecule has 0 radical (unpaired) electrons. The van der Waals surface area contributed by atoms with E-state index in [1.54, 1.807) is 34.2 Å². The van der Waals surface area contributed by atoms with Crippen LogP contribution in [0.5, 0.6) is 0 Å². The number of likely N-dealkylation sites (tertiary alicyclic amines) is 1. The Bertz CT molecular complexity index is 1730. The maximum Gasteiger partial charge on any atom is 0.399 e. The molecule has 1 aromatic carbocycles. The molecule has 230 valence electrons. The topological polar surface area (TPSA) is 144 Å². The van der Waals surface area contributed by atoms with Gasteiger partial charge in [0.05, 0.1) is 4.88 Å². The molecule has 0 unspecified atom stereocenters. The van der Waals surface area contributed by atoms with Gasteiger partial charge in [-0.05, 0) is 67.8 Å². The third-order valence-electron chi connectivity index (χ3n) is 8.70. The first-order valence-electron chi connectivity index (χ1n) is 14.0. The Hall–Kier alpha value is -3.76. The van der Waals surface area contributed by atoms with Crippen LogP contribution in [0.2, 0.25) is 0 Å². The molecule has 11 nitrogen and oxygen atoms in total. The van der Waals surface area contributed by atoms with Gasteiger partial charge in [0, 0.05) is 22.5 Å². The Morgan fingerprint density at radius 1 is 1.14 bits per heavy atom. The smallest absolute Gasteiger partial charge is 0.340 e. The molecule has 3 aromatic rings. The maximum atomic E-state index is 14.2. The van der Waals surface area contributed by atoms with Gasteiger partial charge in [-0.25, -0.2) is 6.57 Å². The molecule has 0 aliphatic carbocycles. The summed E-state index contributed by atoms with van der Waals surface area (Å²) in [5.41, 5.74) is -5.56. The molecule has 0 spiro atoms. The summed E-state index contributed by atoms with van der Waals surface area (Å²) in [5, 5.41) is 2.97. The molecular weight excluding hydrogens is 615 g/mol. The number of pyridine rings is 1. The van der Waals surface area contributed by atoms with E-state index >= 15 is 0 Å². The molecule has 2 aromatic heterocycles. The Morgan fingerprint density at radius 3 is 2.59 bits per heavy atom. The molecule has 3 fully saturated rings. The number of hydrogen-bond acceptors (Lipinski definition) is 6. The quantitative estimate of drug-likeness (QED) is 0.274. The van der Waals surface area contributed by atoms with Gasteiger partial charge in [0.15, 0.2) is 0 Å². The number of amides is 3. The zero-order valence-corrected chi connectivity index (χ0v) is 24.9. The maximum absolute atomic E-state index is 14.2. The number of carbonyl (C=O) groups is 3. The number of halogens is 2. The van der Waals surface area contributed by atoms with Crippen LogP contribution in [0.3, 0.4) is 0 Å². The average molecular weight is 644 g/mol. The summed E-state index contributed by atoms with van der Waals surface area (Å²) in [4.78, 5) is 70.2. The van der Waals surface area contributed by atoms with E-state index in [1.165, 1.54) is 12.1 Å². The fourth-order valence-corrected chi connectivity index (χ4v) is 7.78. The predicted molar refractivity (Wildman–Crippen MR) is 156 cm³/mol. The minimum atomic E-state index is -5.76. The highest BCUT2D eigenvalue weighted by Gasteiger charge is 2.57. The number of hydrogen-bond donors (Lipinski definition) is 3. The largest absolute Gasteiger partial charge is 0.399 e. The molecule has 3 amide bonds. The zero-order valence-electron chi connectivity index (χ0n) is 23.2. The van der Waals surface area contributed by atoms with Crippen molar-refractivity contribution in [1.29, 1.82) is 0 Å². The summed E-state index contributed by atoms with van der Waals surface area (Å²) in [6, 6.07) is 8.06. The van der Waals surface area contributed by atoms with Crippen molar-refractivity contribution in [3.63, 3.8) is 0 Å². The van der Waals surface area contributed by atoms with Crippen molar-refractivity contribution in [2.24, 2.45) is 0 Å². The number of nitrogens with one attached hydrogen (secondary N) is 1. The number of aromatic nitrogens is 1. The Balaban J connectivity index is 1.16. The first-order chi connectivity index (χ1) is 20.8. The van der Waals surface area contributed by atoms with E-state index < -0.39 is 42.4 Å². The van der Waals surface area contributed by atoms with Crippen LogP contribution in [0.15, 0.2) is 48.7 Å². The van der Waals surface area contributed by atoms with E-state index in [0.717, 1.165) is 23.5 Å². The number of rotatable bonds is 6. The van der Waals surface area contributed by atoms with Crippen LogP contribution in [0, 0.1) is 6.57 Å². The lowest BCUT2D eigenvalue weighted by atomic mass is 9.86. The Labute approximate surface area is 254 Å².